The number of hydrogen-bond acceptors (Lipinski definition) is 4. The number of halogens is 2. The first-order valence-electron chi connectivity index (χ1n) is 9.62. The summed E-state index contributed by atoms with van der Waals surface area (Å²) in [7, 11) is 0. The number of fused-ring (bicyclic) bond motifs is 1. The zero-order chi connectivity index (χ0) is 21.5. The van der Waals surface area contributed by atoms with Crippen LogP contribution in [-0.4, -0.2) is 24.8 Å². The fourth-order valence-corrected chi connectivity index (χ4v) is 3.89. The van der Waals surface area contributed by atoms with Crippen molar-refractivity contribution in [3.05, 3.63) is 69.1 Å². The van der Waals surface area contributed by atoms with Gasteiger partial charge in [0.2, 0.25) is 0 Å². The normalized spacial score (nSPS) is 12.1. The molecule has 0 unspecified atom stereocenters. The highest BCUT2D eigenvalue weighted by atomic mass is 79.9. The van der Waals surface area contributed by atoms with Crippen molar-refractivity contribution in [3.8, 4) is 11.5 Å². The Morgan fingerprint density at radius 3 is 2.63 bits per heavy atom. The number of hydrogen-bond donors (Lipinski definition) is 1. The van der Waals surface area contributed by atoms with Gasteiger partial charge in [-0.05, 0) is 64.3 Å². The highest BCUT2D eigenvalue weighted by Gasteiger charge is 2.19. The predicted octanol–water partition coefficient (Wildman–Crippen LogP) is 6.07. The van der Waals surface area contributed by atoms with E-state index in [4.69, 9.17) is 9.47 Å². The SMILES string of the molecule is CCOc1ccc(Br)cc1/C=N\NC(=O)[C@H](CC)Oc1ccc2ccccc2c1Br. The summed E-state index contributed by atoms with van der Waals surface area (Å²) in [5.74, 6) is 0.995. The van der Waals surface area contributed by atoms with Crippen molar-refractivity contribution in [2.24, 2.45) is 5.10 Å². The Balaban J connectivity index is 1.71. The van der Waals surface area contributed by atoms with Gasteiger partial charge in [0.1, 0.15) is 11.5 Å². The molecule has 0 heterocycles. The van der Waals surface area contributed by atoms with E-state index in [0.717, 1.165) is 25.3 Å². The van der Waals surface area contributed by atoms with Gasteiger partial charge in [0, 0.05) is 10.0 Å². The predicted molar refractivity (Wildman–Crippen MR) is 127 cm³/mol. The molecule has 0 radical (unpaired) electrons. The zero-order valence-corrected chi connectivity index (χ0v) is 19.9. The maximum atomic E-state index is 12.6. The number of hydrazone groups is 1. The second-order valence-corrected chi connectivity index (χ2v) is 8.17. The summed E-state index contributed by atoms with van der Waals surface area (Å²) in [4.78, 5) is 12.6. The van der Waals surface area contributed by atoms with Gasteiger partial charge < -0.3 is 9.47 Å². The summed E-state index contributed by atoms with van der Waals surface area (Å²) in [6, 6.07) is 17.4. The molecule has 5 nitrogen and oxygen atoms in total. The van der Waals surface area contributed by atoms with Crippen LogP contribution in [0.5, 0.6) is 11.5 Å². The van der Waals surface area contributed by atoms with Gasteiger partial charge in [0.25, 0.3) is 5.91 Å². The number of amides is 1. The summed E-state index contributed by atoms with van der Waals surface area (Å²) in [6.07, 6.45) is 1.39. The van der Waals surface area contributed by atoms with E-state index in [9.17, 15) is 4.79 Å². The van der Waals surface area contributed by atoms with Crippen molar-refractivity contribution in [1.82, 2.24) is 5.43 Å². The molecule has 1 atom stereocenters. The molecule has 0 saturated heterocycles. The highest BCUT2D eigenvalue weighted by Crippen LogP contribution is 2.33. The van der Waals surface area contributed by atoms with Crippen LogP contribution in [0.25, 0.3) is 10.8 Å². The summed E-state index contributed by atoms with van der Waals surface area (Å²) in [5, 5.41) is 6.22. The van der Waals surface area contributed by atoms with Gasteiger partial charge in [-0.3, -0.25) is 4.79 Å². The Kier molecular flexibility index (Phi) is 7.87. The fraction of sp³-hybridized carbons (Fsp3) is 0.217. The van der Waals surface area contributed by atoms with Gasteiger partial charge in [-0.25, -0.2) is 5.43 Å². The van der Waals surface area contributed by atoms with Crippen LogP contribution in [0.1, 0.15) is 25.8 Å². The third-order valence-corrected chi connectivity index (χ3v) is 5.72. The summed E-state index contributed by atoms with van der Waals surface area (Å²) >= 11 is 7.03. The van der Waals surface area contributed by atoms with Gasteiger partial charge in [-0.1, -0.05) is 53.2 Å². The molecular formula is C23H22Br2N2O3. The number of benzene rings is 3. The van der Waals surface area contributed by atoms with E-state index in [1.807, 2.05) is 68.4 Å². The lowest BCUT2D eigenvalue weighted by atomic mass is 10.1. The van der Waals surface area contributed by atoms with Crippen molar-refractivity contribution < 1.29 is 14.3 Å². The maximum absolute atomic E-state index is 12.6. The average molecular weight is 534 g/mol. The number of carbonyl (C=O) groups is 1. The molecule has 0 aromatic heterocycles. The Bertz CT molecular complexity index is 1070. The molecule has 0 bridgehead atoms. The van der Waals surface area contributed by atoms with Crippen molar-refractivity contribution in [2.75, 3.05) is 6.61 Å². The van der Waals surface area contributed by atoms with Crippen LogP contribution in [0.2, 0.25) is 0 Å². The Hall–Kier alpha value is -2.38. The van der Waals surface area contributed by atoms with Crippen molar-refractivity contribution in [1.29, 1.82) is 0 Å². The van der Waals surface area contributed by atoms with Crippen LogP contribution in [-0.2, 0) is 4.79 Å². The van der Waals surface area contributed by atoms with E-state index in [1.54, 1.807) is 6.21 Å². The molecule has 156 valence electrons. The topological polar surface area (TPSA) is 59.9 Å². The average Bonchev–Trinajstić information content (AvgIpc) is 2.75. The molecule has 3 aromatic rings. The number of nitrogens with zero attached hydrogens (tertiary/aromatic N) is 1. The maximum Gasteiger partial charge on any atom is 0.281 e. The van der Waals surface area contributed by atoms with Gasteiger partial charge in [0.05, 0.1) is 17.3 Å². The molecule has 1 amide bonds. The van der Waals surface area contributed by atoms with Crippen LogP contribution >= 0.6 is 31.9 Å². The zero-order valence-electron chi connectivity index (χ0n) is 16.7. The molecule has 0 aliphatic rings. The second-order valence-electron chi connectivity index (χ2n) is 6.46. The first-order valence-corrected chi connectivity index (χ1v) is 11.2. The summed E-state index contributed by atoms with van der Waals surface area (Å²) in [6.45, 7) is 4.35. The number of ether oxygens (including phenoxy) is 2. The molecule has 30 heavy (non-hydrogen) atoms. The summed E-state index contributed by atoms with van der Waals surface area (Å²) < 4.78 is 13.3. The fourth-order valence-electron chi connectivity index (χ4n) is 2.92. The Morgan fingerprint density at radius 2 is 1.87 bits per heavy atom. The first-order chi connectivity index (χ1) is 14.5. The van der Waals surface area contributed by atoms with E-state index < -0.39 is 6.10 Å². The van der Waals surface area contributed by atoms with Crippen LogP contribution in [0, 0.1) is 0 Å². The van der Waals surface area contributed by atoms with Gasteiger partial charge in [0.15, 0.2) is 6.10 Å². The van der Waals surface area contributed by atoms with E-state index in [-0.39, 0.29) is 5.91 Å². The van der Waals surface area contributed by atoms with E-state index in [0.29, 0.717) is 24.5 Å². The quantitative estimate of drug-likeness (QED) is 0.282. The third kappa shape index (κ3) is 5.40. The second kappa shape index (κ2) is 10.6. The smallest absolute Gasteiger partial charge is 0.281 e. The molecule has 0 fully saturated rings. The molecule has 7 heteroatoms. The molecule has 0 saturated carbocycles. The molecule has 1 N–H and O–H groups in total. The number of nitrogens with one attached hydrogen (secondary N) is 1. The highest BCUT2D eigenvalue weighted by molar-refractivity contribution is 9.11. The molecule has 3 rings (SSSR count). The molecule has 0 aliphatic carbocycles. The van der Waals surface area contributed by atoms with Crippen molar-refractivity contribution in [3.63, 3.8) is 0 Å². The minimum absolute atomic E-state index is 0.318. The van der Waals surface area contributed by atoms with Crippen LogP contribution in [0.4, 0.5) is 0 Å². The molecule has 0 spiro atoms. The van der Waals surface area contributed by atoms with Gasteiger partial charge in [-0.2, -0.15) is 5.10 Å². The lowest BCUT2D eigenvalue weighted by Crippen LogP contribution is -2.35. The van der Waals surface area contributed by atoms with Crippen molar-refractivity contribution in [2.45, 2.75) is 26.4 Å². The minimum Gasteiger partial charge on any atom is -0.493 e. The molecule has 0 aliphatic heterocycles. The van der Waals surface area contributed by atoms with E-state index in [2.05, 4.69) is 42.4 Å². The number of rotatable bonds is 8. The monoisotopic (exact) mass is 532 g/mol. The number of carbonyl (C=O) groups excluding carboxylic acids is 1. The lowest BCUT2D eigenvalue weighted by Gasteiger charge is -2.17. The van der Waals surface area contributed by atoms with Crippen LogP contribution in [0.3, 0.4) is 0 Å². The molecule has 3 aromatic carbocycles. The minimum atomic E-state index is -0.673. The lowest BCUT2D eigenvalue weighted by molar-refractivity contribution is -0.128. The molecular weight excluding hydrogens is 512 g/mol. The van der Waals surface area contributed by atoms with Gasteiger partial charge in [-0.15, -0.1) is 0 Å². The first kappa shape index (κ1) is 22.3. The largest absolute Gasteiger partial charge is 0.493 e. The van der Waals surface area contributed by atoms with Crippen molar-refractivity contribution >= 4 is 54.8 Å². The van der Waals surface area contributed by atoms with Crippen LogP contribution in [0.15, 0.2) is 68.6 Å². The Morgan fingerprint density at radius 1 is 1.10 bits per heavy atom. The standard InChI is InChI=1S/C23H22Br2N2O3/c1-3-19(30-21-11-9-15-7-5-6-8-18(15)22(21)25)23(28)27-26-14-16-13-17(24)10-12-20(16)29-4-2/h5-14,19H,3-4H2,1-2H3,(H,27,28)/b26-14-/t19-/m0/s1. The summed E-state index contributed by atoms with van der Waals surface area (Å²) in [5.41, 5.74) is 3.33. The van der Waals surface area contributed by atoms with E-state index >= 15 is 0 Å². The Labute approximate surface area is 192 Å². The van der Waals surface area contributed by atoms with E-state index in [1.165, 1.54) is 0 Å². The third-order valence-electron chi connectivity index (χ3n) is 4.41. The van der Waals surface area contributed by atoms with Crippen LogP contribution < -0.4 is 14.9 Å². The van der Waals surface area contributed by atoms with Gasteiger partial charge >= 0.3 is 0 Å².